The van der Waals surface area contributed by atoms with Crippen LogP contribution >= 0.6 is 0 Å². The minimum absolute atomic E-state index is 0. The Morgan fingerprint density at radius 2 is 1.71 bits per heavy atom. The maximum atomic E-state index is 10.5. The van der Waals surface area contributed by atoms with E-state index in [0.717, 1.165) is 23.2 Å². The molecule has 34 heavy (non-hydrogen) atoms. The van der Waals surface area contributed by atoms with Gasteiger partial charge in [-0.15, -0.1) is 34.9 Å². The summed E-state index contributed by atoms with van der Waals surface area (Å²) >= 11 is 0. The van der Waals surface area contributed by atoms with Crippen LogP contribution in [0, 0.1) is 26.8 Å². The summed E-state index contributed by atoms with van der Waals surface area (Å²) in [4.78, 5) is 15.3. The molecule has 0 saturated heterocycles. The number of nitrogens with zero attached hydrogens (tertiary/aromatic N) is 1. The summed E-state index contributed by atoms with van der Waals surface area (Å²) in [6, 6.07) is 14.6. The molecule has 1 aromatic heterocycles. The Labute approximate surface area is 219 Å². The zero-order valence-corrected chi connectivity index (χ0v) is 24.2. The van der Waals surface area contributed by atoms with Gasteiger partial charge in [0, 0.05) is 45.2 Å². The van der Waals surface area contributed by atoms with Crippen molar-refractivity contribution in [2.24, 2.45) is 0 Å². The first kappa shape index (κ1) is 29.7. The number of aryl methyl sites for hydroxylation is 3. The van der Waals surface area contributed by atoms with Crippen molar-refractivity contribution in [1.82, 2.24) is 4.98 Å². The normalized spacial score (nSPS) is 11.5. The molecule has 4 heteroatoms. The van der Waals surface area contributed by atoms with Crippen LogP contribution in [0.4, 0.5) is 0 Å². The van der Waals surface area contributed by atoms with Gasteiger partial charge in [-0.3, -0.25) is 4.79 Å². The average Bonchev–Trinajstić information content (AvgIpc) is 2.78. The minimum atomic E-state index is -0.0191. The second kappa shape index (κ2) is 13.0. The van der Waals surface area contributed by atoms with E-state index in [4.69, 9.17) is 10.1 Å². The van der Waals surface area contributed by atoms with E-state index in [1.54, 1.807) is 13.8 Å². The third-order valence-corrected chi connectivity index (χ3v) is 6.19. The summed E-state index contributed by atoms with van der Waals surface area (Å²) in [5.74, 6) is 0.149. The fourth-order valence-electron chi connectivity index (χ4n) is 3.63. The number of hydrogen-bond acceptors (Lipinski definition) is 3. The molecule has 0 saturated carbocycles. The second-order valence-electron chi connectivity index (χ2n) is 9.35. The molecule has 1 radical (unpaired) electrons. The number of aliphatic hydroxyl groups is 1. The van der Waals surface area contributed by atoms with Gasteiger partial charge in [0.1, 0.15) is 0 Å². The van der Waals surface area contributed by atoms with Crippen molar-refractivity contribution in [2.45, 2.75) is 80.1 Å². The van der Waals surface area contributed by atoms with Crippen LogP contribution < -0.4 is 0 Å². The number of rotatable bonds is 6. The van der Waals surface area contributed by atoms with Crippen molar-refractivity contribution in [3.05, 3.63) is 76.7 Å². The number of carbonyl (C=O) groups is 1. The van der Waals surface area contributed by atoms with E-state index in [1.165, 1.54) is 33.5 Å². The van der Waals surface area contributed by atoms with Crippen LogP contribution in [0.25, 0.3) is 22.0 Å². The standard InChI is InChI=1S/C23H26N.C7H12O2.Ir/c1-7-23(5,6)19-8-9-20-21(13-19)17(4)14-24-22(20)18-11-15(2)10-16(3)12-18;1-3-6(8)5-7(9)4-2;/h8-11,13-14H,7H2,1-6H3;5,8H,3-4H2,1-2H3;/q-1;;/b;6-5-;. The number of fused-ring (bicyclic) bond motifs is 1. The van der Waals surface area contributed by atoms with Crippen LogP contribution in [0.5, 0.6) is 0 Å². The van der Waals surface area contributed by atoms with Gasteiger partial charge < -0.3 is 10.1 Å². The maximum Gasteiger partial charge on any atom is 0.158 e. The molecule has 0 bridgehead atoms. The summed E-state index contributed by atoms with van der Waals surface area (Å²) in [6.45, 7) is 16.8. The molecule has 0 aliphatic carbocycles. The first-order valence-electron chi connectivity index (χ1n) is 11.9. The van der Waals surface area contributed by atoms with Gasteiger partial charge >= 0.3 is 0 Å². The molecule has 2 aromatic carbocycles. The Balaban J connectivity index is 0.000000496. The molecule has 0 atom stereocenters. The number of benzene rings is 2. The maximum absolute atomic E-state index is 10.5. The Morgan fingerprint density at radius 3 is 2.26 bits per heavy atom. The number of ketones is 1. The van der Waals surface area contributed by atoms with Crippen molar-refractivity contribution in [1.29, 1.82) is 0 Å². The van der Waals surface area contributed by atoms with Gasteiger partial charge in [-0.2, -0.15) is 0 Å². The van der Waals surface area contributed by atoms with Crippen LogP contribution in [0.3, 0.4) is 0 Å². The van der Waals surface area contributed by atoms with Gasteiger partial charge in [0.25, 0.3) is 0 Å². The number of hydrogen-bond donors (Lipinski definition) is 1. The molecule has 3 rings (SSSR count). The number of aromatic nitrogens is 1. The molecule has 0 aliphatic rings. The Bertz CT molecular complexity index is 1140. The molecule has 1 heterocycles. The summed E-state index contributed by atoms with van der Waals surface area (Å²) in [7, 11) is 0. The van der Waals surface area contributed by atoms with E-state index in [0.29, 0.717) is 12.8 Å². The van der Waals surface area contributed by atoms with Gasteiger partial charge in [0.05, 0.1) is 5.76 Å². The van der Waals surface area contributed by atoms with E-state index in [-0.39, 0.29) is 37.1 Å². The quantitative estimate of drug-likeness (QED) is 0.169. The topological polar surface area (TPSA) is 50.2 Å². The van der Waals surface area contributed by atoms with E-state index >= 15 is 0 Å². The number of allylic oxidation sites excluding steroid dienone is 2. The number of pyridine rings is 1. The molecule has 1 N–H and O–H groups in total. The monoisotopic (exact) mass is 637 g/mol. The van der Waals surface area contributed by atoms with Crippen LogP contribution in [0.1, 0.15) is 76.1 Å². The third kappa shape index (κ3) is 7.61. The van der Waals surface area contributed by atoms with E-state index in [1.807, 2.05) is 6.20 Å². The van der Waals surface area contributed by atoms with Gasteiger partial charge in [0.15, 0.2) is 5.78 Å². The van der Waals surface area contributed by atoms with Crippen molar-refractivity contribution >= 4 is 16.6 Å². The molecule has 0 unspecified atom stereocenters. The molecule has 185 valence electrons. The smallest absolute Gasteiger partial charge is 0.158 e. The van der Waals surface area contributed by atoms with Gasteiger partial charge in [0.2, 0.25) is 0 Å². The molecule has 0 aliphatic heterocycles. The Hall–Kier alpha value is -2.29. The first-order chi connectivity index (χ1) is 15.5. The SMILES string of the molecule is CCC(=O)/C=C(\O)CC.CCC(C)(C)c1ccc2c(-c3[c-]c(C)cc(C)c3)ncc(C)c2c1.[Ir]. The largest absolute Gasteiger partial charge is 0.512 e. The summed E-state index contributed by atoms with van der Waals surface area (Å²) in [5.41, 5.74) is 7.33. The van der Waals surface area contributed by atoms with Crippen molar-refractivity contribution < 1.29 is 30.0 Å². The minimum Gasteiger partial charge on any atom is -0.512 e. The van der Waals surface area contributed by atoms with Crippen molar-refractivity contribution in [3.8, 4) is 11.3 Å². The van der Waals surface area contributed by atoms with Gasteiger partial charge in [-0.05, 0) is 46.4 Å². The molecule has 0 fully saturated rings. The van der Waals surface area contributed by atoms with Crippen LogP contribution in [0.2, 0.25) is 0 Å². The van der Waals surface area contributed by atoms with Crippen LogP contribution in [-0.4, -0.2) is 15.9 Å². The fraction of sp³-hybridized carbons (Fsp3) is 0.400. The molecule has 0 amide bonds. The van der Waals surface area contributed by atoms with Gasteiger partial charge in [-0.1, -0.05) is 66.7 Å². The molecule has 3 aromatic rings. The summed E-state index contributed by atoms with van der Waals surface area (Å²) in [5, 5.41) is 11.3. The zero-order valence-electron chi connectivity index (χ0n) is 21.8. The van der Waals surface area contributed by atoms with Crippen molar-refractivity contribution in [3.63, 3.8) is 0 Å². The molecular formula is C30H38IrNO2-. The molecule has 0 spiro atoms. The Kier molecular flexibility index (Phi) is 11.3. The fourth-order valence-corrected chi connectivity index (χ4v) is 3.63. The number of carbonyl (C=O) groups excluding carboxylic acids is 1. The third-order valence-electron chi connectivity index (χ3n) is 6.19. The van der Waals surface area contributed by atoms with Crippen LogP contribution in [-0.2, 0) is 30.3 Å². The van der Waals surface area contributed by atoms with E-state index in [2.05, 4.69) is 77.9 Å². The van der Waals surface area contributed by atoms with Crippen molar-refractivity contribution in [2.75, 3.05) is 0 Å². The van der Waals surface area contributed by atoms with E-state index in [9.17, 15) is 4.79 Å². The predicted molar refractivity (Wildman–Crippen MR) is 140 cm³/mol. The average molecular weight is 637 g/mol. The summed E-state index contributed by atoms with van der Waals surface area (Å²) < 4.78 is 0. The zero-order chi connectivity index (χ0) is 24.8. The number of aliphatic hydroxyl groups excluding tert-OH is 1. The second-order valence-corrected chi connectivity index (χ2v) is 9.35. The summed E-state index contributed by atoms with van der Waals surface area (Å²) in [6.07, 6.45) is 5.39. The Morgan fingerprint density at radius 1 is 1.03 bits per heavy atom. The predicted octanol–water partition coefficient (Wildman–Crippen LogP) is 8.13. The molecular weight excluding hydrogens is 599 g/mol. The van der Waals surface area contributed by atoms with Crippen LogP contribution in [0.15, 0.2) is 48.4 Å². The molecule has 3 nitrogen and oxygen atoms in total. The first-order valence-corrected chi connectivity index (χ1v) is 11.9. The van der Waals surface area contributed by atoms with E-state index < -0.39 is 0 Å². The van der Waals surface area contributed by atoms with Gasteiger partial charge in [-0.25, -0.2) is 0 Å².